The van der Waals surface area contributed by atoms with Crippen LogP contribution in [0.1, 0.15) is 39.5 Å². The zero-order valence-corrected chi connectivity index (χ0v) is 20.4. The molecule has 0 saturated carbocycles. The minimum absolute atomic E-state index is 0.193. The fraction of sp³-hybridized carbons (Fsp3) is 0.348. The van der Waals surface area contributed by atoms with Gasteiger partial charge in [-0.3, -0.25) is 0 Å². The normalized spacial score (nSPS) is 11.2. The Kier molecular flexibility index (Phi) is 8.29. The number of para-hydroxylation sites is 1. The van der Waals surface area contributed by atoms with Crippen molar-refractivity contribution in [3.8, 4) is 11.1 Å². The Morgan fingerprint density at radius 1 is 0.769 bits per heavy atom. The molecule has 26 heavy (non-hydrogen) atoms. The van der Waals surface area contributed by atoms with Gasteiger partial charge in [0.05, 0.1) is 0 Å². The number of aromatic nitrogens is 1. The summed E-state index contributed by atoms with van der Waals surface area (Å²) >= 11 is -0.426. The van der Waals surface area contributed by atoms with E-state index in [9.17, 15) is 0 Å². The van der Waals surface area contributed by atoms with E-state index in [0.29, 0.717) is 0 Å². The van der Waals surface area contributed by atoms with Gasteiger partial charge in [0, 0.05) is 0 Å². The molecule has 0 radical (unpaired) electrons. The third kappa shape index (κ3) is 5.03. The van der Waals surface area contributed by atoms with E-state index in [4.69, 9.17) is 4.98 Å². The van der Waals surface area contributed by atoms with E-state index in [1.807, 2.05) is 0 Å². The molecule has 0 saturated heterocycles. The van der Waals surface area contributed by atoms with Crippen molar-refractivity contribution < 1.29 is 0 Å². The molecular weight excluding hydrogens is 545 g/mol. The number of nitrogens with zero attached hydrogens (tertiary/aromatic N) is 1. The Balaban J connectivity index is 2.15. The van der Waals surface area contributed by atoms with Crippen LogP contribution in [0.2, 0.25) is 8.94 Å². The summed E-state index contributed by atoms with van der Waals surface area (Å²) in [6.45, 7) is 4.60. The maximum atomic E-state index is 5.19. The second kappa shape index (κ2) is 10.7. The summed E-state index contributed by atoms with van der Waals surface area (Å²) in [6.07, 6.45) is 5.28. The molecule has 0 amide bonds. The van der Waals surface area contributed by atoms with Crippen molar-refractivity contribution in [2.45, 2.75) is 48.5 Å². The standard InChI is InChI=1S/C23H27NTe2/c1-3-5-16-25-22-19-14-10-11-15-20(19)24-23(26-17-6-4-2)21(22)18-12-8-7-9-13-18/h7-15H,3-6,16-17H2,1-2H3. The van der Waals surface area contributed by atoms with Gasteiger partial charge in [0.15, 0.2) is 0 Å². The van der Waals surface area contributed by atoms with E-state index in [1.54, 1.807) is 3.61 Å². The Labute approximate surface area is 178 Å². The fourth-order valence-electron chi connectivity index (χ4n) is 2.91. The predicted octanol–water partition coefficient (Wildman–Crippen LogP) is 5.00. The van der Waals surface area contributed by atoms with Gasteiger partial charge < -0.3 is 0 Å². The van der Waals surface area contributed by atoms with Crippen molar-refractivity contribution in [2.24, 2.45) is 0 Å². The van der Waals surface area contributed by atoms with Crippen LogP contribution in [0.5, 0.6) is 0 Å². The van der Waals surface area contributed by atoms with Crippen LogP contribution in [0.15, 0.2) is 54.6 Å². The van der Waals surface area contributed by atoms with Crippen molar-refractivity contribution in [1.29, 1.82) is 0 Å². The van der Waals surface area contributed by atoms with Crippen LogP contribution in [0.3, 0.4) is 0 Å². The number of pyridine rings is 1. The first-order chi connectivity index (χ1) is 12.8. The van der Waals surface area contributed by atoms with E-state index in [-0.39, 0.29) is 41.8 Å². The van der Waals surface area contributed by atoms with Crippen LogP contribution >= 0.6 is 0 Å². The van der Waals surface area contributed by atoms with Crippen molar-refractivity contribution in [1.82, 2.24) is 4.98 Å². The second-order valence-electron chi connectivity index (χ2n) is 6.41. The molecular formula is C23H27NTe2. The van der Waals surface area contributed by atoms with Gasteiger partial charge in [-0.25, -0.2) is 0 Å². The van der Waals surface area contributed by atoms with Crippen molar-refractivity contribution >= 4 is 60.1 Å². The molecule has 0 aliphatic carbocycles. The SMILES string of the molecule is CCCC[Te]c1nc2ccccc2c([Te]CCCC)c1-c1ccccc1. The molecule has 1 heterocycles. The van der Waals surface area contributed by atoms with Crippen molar-refractivity contribution in [3.05, 3.63) is 54.6 Å². The first-order valence-corrected chi connectivity index (χ1v) is 15.2. The zero-order chi connectivity index (χ0) is 18.2. The Bertz CT molecular complexity index is 830. The third-order valence-electron chi connectivity index (χ3n) is 4.36. The van der Waals surface area contributed by atoms with Gasteiger partial charge in [0.1, 0.15) is 0 Å². The van der Waals surface area contributed by atoms with Crippen LogP contribution in [0, 0.1) is 0 Å². The molecule has 0 aliphatic rings. The second-order valence-corrected chi connectivity index (χ2v) is 12.7. The topological polar surface area (TPSA) is 12.9 Å². The number of hydrogen-bond donors (Lipinski definition) is 0. The first-order valence-electron chi connectivity index (χ1n) is 9.59. The van der Waals surface area contributed by atoms with Crippen molar-refractivity contribution in [2.75, 3.05) is 0 Å². The summed E-state index contributed by atoms with van der Waals surface area (Å²) in [7, 11) is 0. The summed E-state index contributed by atoms with van der Waals surface area (Å²) < 4.78 is 5.87. The Morgan fingerprint density at radius 3 is 2.15 bits per heavy atom. The molecule has 0 atom stereocenters. The van der Waals surface area contributed by atoms with Crippen LogP contribution in [-0.2, 0) is 0 Å². The van der Waals surface area contributed by atoms with Crippen molar-refractivity contribution in [3.63, 3.8) is 0 Å². The van der Waals surface area contributed by atoms with E-state index in [1.165, 1.54) is 60.4 Å². The summed E-state index contributed by atoms with van der Waals surface area (Å²) in [4.78, 5) is 5.19. The number of unbranched alkanes of at least 4 members (excludes halogenated alkanes) is 2. The predicted molar refractivity (Wildman–Crippen MR) is 117 cm³/mol. The van der Waals surface area contributed by atoms with Crippen LogP contribution in [0.4, 0.5) is 0 Å². The van der Waals surface area contributed by atoms with E-state index < -0.39 is 0 Å². The first kappa shape index (κ1) is 20.2. The molecule has 1 aromatic heterocycles. The van der Waals surface area contributed by atoms with Gasteiger partial charge in [0.25, 0.3) is 0 Å². The third-order valence-corrected chi connectivity index (χ3v) is 10.8. The molecule has 3 heteroatoms. The summed E-state index contributed by atoms with van der Waals surface area (Å²) in [6, 6.07) is 19.9. The molecule has 3 rings (SSSR count). The Hall–Kier alpha value is -0.571. The maximum absolute atomic E-state index is 5.19. The average Bonchev–Trinajstić information content (AvgIpc) is 2.69. The van der Waals surface area contributed by atoms with Crippen LogP contribution < -0.4 is 7.35 Å². The molecule has 2 aromatic carbocycles. The minimum atomic E-state index is -0.233. The summed E-state index contributed by atoms with van der Waals surface area (Å²) in [5.74, 6) is 0. The van der Waals surface area contributed by atoms with Gasteiger partial charge in [-0.2, -0.15) is 0 Å². The monoisotopic (exact) mass is 577 g/mol. The zero-order valence-electron chi connectivity index (χ0n) is 15.7. The van der Waals surface area contributed by atoms with Crippen LogP contribution in [0.25, 0.3) is 22.0 Å². The average molecular weight is 573 g/mol. The van der Waals surface area contributed by atoms with Gasteiger partial charge in [0.2, 0.25) is 0 Å². The van der Waals surface area contributed by atoms with E-state index in [0.717, 1.165) is 0 Å². The molecule has 0 spiro atoms. The summed E-state index contributed by atoms with van der Waals surface area (Å²) in [5, 5.41) is 1.41. The quantitative estimate of drug-likeness (QED) is 0.260. The molecule has 0 N–H and O–H groups in total. The fourth-order valence-corrected chi connectivity index (χ4v) is 10.6. The number of hydrogen-bond acceptors (Lipinski definition) is 1. The van der Waals surface area contributed by atoms with E-state index in [2.05, 4.69) is 68.4 Å². The number of benzene rings is 2. The van der Waals surface area contributed by atoms with Gasteiger partial charge in [-0.15, -0.1) is 0 Å². The molecule has 1 nitrogen and oxygen atoms in total. The summed E-state index contributed by atoms with van der Waals surface area (Å²) in [5.41, 5.74) is 4.13. The Morgan fingerprint density at radius 2 is 1.42 bits per heavy atom. The molecule has 136 valence electrons. The molecule has 0 aliphatic heterocycles. The number of fused-ring (bicyclic) bond motifs is 1. The molecule has 0 unspecified atom stereocenters. The van der Waals surface area contributed by atoms with Crippen LogP contribution in [-0.4, -0.2) is 46.8 Å². The molecule has 0 bridgehead atoms. The van der Waals surface area contributed by atoms with Gasteiger partial charge in [-0.05, 0) is 0 Å². The number of rotatable bonds is 9. The molecule has 3 aromatic rings. The van der Waals surface area contributed by atoms with E-state index >= 15 is 0 Å². The van der Waals surface area contributed by atoms with Gasteiger partial charge in [-0.1, -0.05) is 0 Å². The molecule has 0 fully saturated rings. The van der Waals surface area contributed by atoms with Gasteiger partial charge >= 0.3 is 179 Å².